The predicted molar refractivity (Wildman–Crippen MR) is 94.7 cm³/mol. The molecule has 5 nitrogen and oxygen atoms in total. The van der Waals surface area contributed by atoms with Crippen LogP contribution in [0.15, 0.2) is 28.8 Å². The highest BCUT2D eigenvalue weighted by molar-refractivity contribution is 6.33. The van der Waals surface area contributed by atoms with Crippen molar-refractivity contribution in [1.29, 1.82) is 0 Å². The first-order chi connectivity index (χ1) is 11.1. The van der Waals surface area contributed by atoms with Gasteiger partial charge < -0.3 is 14.7 Å². The monoisotopic (exact) mass is 367 g/mol. The first kappa shape index (κ1) is 17.3. The van der Waals surface area contributed by atoms with Gasteiger partial charge >= 0.3 is 0 Å². The zero-order chi connectivity index (χ0) is 16.0. The van der Waals surface area contributed by atoms with E-state index in [2.05, 4.69) is 10.5 Å². The molecule has 24 heavy (non-hydrogen) atoms. The largest absolute Gasteiger partial charge is 0.360 e. The Morgan fingerprint density at radius 1 is 1.29 bits per heavy atom. The van der Waals surface area contributed by atoms with Gasteiger partial charge in [-0.15, -0.1) is 12.4 Å². The van der Waals surface area contributed by atoms with Crippen molar-refractivity contribution >= 4 is 29.9 Å². The second-order valence-corrected chi connectivity index (χ2v) is 6.74. The summed E-state index contributed by atoms with van der Waals surface area (Å²) in [4.78, 5) is 15.0. The molecule has 0 radical (unpaired) electrons. The molecule has 2 saturated heterocycles. The first-order valence-corrected chi connectivity index (χ1v) is 8.24. The SMILES string of the molecule is Cc1onc(-c2ccccc2Cl)c1C(=O)N1C[C@H]2CNC[C@H]2C1.Cl. The van der Waals surface area contributed by atoms with E-state index < -0.39 is 0 Å². The van der Waals surface area contributed by atoms with E-state index in [-0.39, 0.29) is 18.3 Å². The summed E-state index contributed by atoms with van der Waals surface area (Å²) >= 11 is 6.27. The molecular formula is C17H19Cl2N3O2. The number of nitrogens with zero attached hydrogens (tertiary/aromatic N) is 2. The Kier molecular flexibility index (Phi) is 4.85. The van der Waals surface area contributed by atoms with Crippen LogP contribution >= 0.6 is 24.0 Å². The normalized spacial score (nSPS) is 22.3. The number of hydrogen-bond donors (Lipinski definition) is 1. The topological polar surface area (TPSA) is 58.4 Å². The molecule has 7 heteroatoms. The maximum Gasteiger partial charge on any atom is 0.259 e. The summed E-state index contributed by atoms with van der Waals surface area (Å²) in [6.07, 6.45) is 0. The number of aromatic nitrogens is 1. The minimum atomic E-state index is -0.00642. The molecule has 1 amide bonds. The molecule has 2 aliphatic heterocycles. The number of fused-ring (bicyclic) bond motifs is 1. The van der Waals surface area contributed by atoms with Gasteiger partial charge in [0.25, 0.3) is 5.91 Å². The van der Waals surface area contributed by atoms with E-state index in [1.54, 1.807) is 13.0 Å². The average Bonchev–Trinajstić information content (AvgIpc) is 3.21. The molecule has 2 aromatic rings. The number of nitrogens with one attached hydrogen (secondary N) is 1. The van der Waals surface area contributed by atoms with Gasteiger partial charge in [0, 0.05) is 31.7 Å². The molecular weight excluding hydrogens is 349 g/mol. The standard InChI is InChI=1S/C17H18ClN3O2.ClH/c1-10-15(16(20-23-10)13-4-2-3-5-14(13)18)17(22)21-8-11-6-19-7-12(11)9-21;/h2-5,11-12,19H,6-9H2,1H3;1H/t11-,12+;. The molecule has 0 saturated carbocycles. The van der Waals surface area contributed by atoms with Crippen LogP contribution in [0.5, 0.6) is 0 Å². The Morgan fingerprint density at radius 2 is 1.96 bits per heavy atom. The van der Waals surface area contributed by atoms with Gasteiger partial charge in [0.05, 0.1) is 5.02 Å². The van der Waals surface area contributed by atoms with Gasteiger partial charge in [0.1, 0.15) is 17.0 Å². The Morgan fingerprint density at radius 3 is 2.62 bits per heavy atom. The van der Waals surface area contributed by atoms with Crippen molar-refractivity contribution in [2.75, 3.05) is 26.2 Å². The summed E-state index contributed by atoms with van der Waals surface area (Å²) in [6.45, 7) is 5.36. The van der Waals surface area contributed by atoms with Gasteiger partial charge in [-0.05, 0) is 24.8 Å². The Labute approximate surface area is 151 Å². The number of benzene rings is 1. The number of rotatable bonds is 2. The third-order valence-corrected chi connectivity index (χ3v) is 5.21. The van der Waals surface area contributed by atoms with Gasteiger partial charge in [0.15, 0.2) is 0 Å². The first-order valence-electron chi connectivity index (χ1n) is 7.86. The number of likely N-dealkylation sites (tertiary alicyclic amines) is 1. The highest BCUT2D eigenvalue weighted by Gasteiger charge is 2.39. The van der Waals surface area contributed by atoms with Crippen LogP contribution in [-0.4, -0.2) is 42.1 Å². The maximum absolute atomic E-state index is 13.0. The summed E-state index contributed by atoms with van der Waals surface area (Å²) in [5.41, 5.74) is 1.80. The zero-order valence-corrected chi connectivity index (χ0v) is 14.9. The quantitative estimate of drug-likeness (QED) is 0.886. The van der Waals surface area contributed by atoms with Gasteiger partial charge in [0.2, 0.25) is 0 Å². The fourth-order valence-electron chi connectivity index (χ4n) is 3.64. The van der Waals surface area contributed by atoms with Crippen molar-refractivity contribution in [3.63, 3.8) is 0 Å². The number of halogens is 2. The fraction of sp³-hybridized carbons (Fsp3) is 0.412. The minimum Gasteiger partial charge on any atom is -0.360 e. The summed E-state index contributed by atoms with van der Waals surface area (Å²) in [6, 6.07) is 7.39. The molecule has 2 atom stereocenters. The van der Waals surface area contributed by atoms with Crippen molar-refractivity contribution in [2.45, 2.75) is 6.92 Å². The summed E-state index contributed by atoms with van der Waals surface area (Å²) in [7, 11) is 0. The molecule has 0 bridgehead atoms. The zero-order valence-electron chi connectivity index (χ0n) is 13.3. The molecule has 1 N–H and O–H groups in total. The van der Waals surface area contributed by atoms with Crippen LogP contribution in [0.25, 0.3) is 11.3 Å². The van der Waals surface area contributed by atoms with Crippen LogP contribution in [-0.2, 0) is 0 Å². The van der Waals surface area contributed by atoms with Crippen LogP contribution in [0.4, 0.5) is 0 Å². The van der Waals surface area contributed by atoms with Crippen LogP contribution in [0.2, 0.25) is 5.02 Å². The summed E-state index contributed by atoms with van der Waals surface area (Å²) in [5, 5.41) is 8.05. The van der Waals surface area contributed by atoms with E-state index in [1.807, 2.05) is 23.1 Å². The van der Waals surface area contributed by atoms with E-state index in [0.29, 0.717) is 33.9 Å². The van der Waals surface area contributed by atoms with Crippen LogP contribution in [0, 0.1) is 18.8 Å². The van der Waals surface area contributed by atoms with E-state index in [4.69, 9.17) is 16.1 Å². The van der Waals surface area contributed by atoms with Crippen molar-refractivity contribution < 1.29 is 9.32 Å². The molecule has 1 aromatic heterocycles. The second kappa shape index (κ2) is 6.75. The Balaban J connectivity index is 0.00000169. The van der Waals surface area contributed by atoms with E-state index in [9.17, 15) is 4.79 Å². The van der Waals surface area contributed by atoms with Crippen LogP contribution in [0.3, 0.4) is 0 Å². The van der Waals surface area contributed by atoms with Gasteiger partial charge in [-0.1, -0.05) is 35.0 Å². The fourth-order valence-corrected chi connectivity index (χ4v) is 3.87. The van der Waals surface area contributed by atoms with Crippen molar-refractivity contribution in [2.24, 2.45) is 11.8 Å². The van der Waals surface area contributed by atoms with Gasteiger partial charge in [-0.3, -0.25) is 4.79 Å². The molecule has 2 fully saturated rings. The summed E-state index contributed by atoms with van der Waals surface area (Å²) in [5.74, 6) is 1.65. The number of aryl methyl sites for hydroxylation is 1. The average molecular weight is 368 g/mol. The maximum atomic E-state index is 13.0. The Hall–Kier alpha value is -1.56. The van der Waals surface area contributed by atoms with Crippen LogP contribution < -0.4 is 5.32 Å². The number of hydrogen-bond acceptors (Lipinski definition) is 4. The molecule has 4 rings (SSSR count). The molecule has 128 valence electrons. The lowest BCUT2D eigenvalue weighted by molar-refractivity contribution is 0.0780. The van der Waals surface area contributed by atoms with Crippen molar-refractivity contribution in [3.05, 3.63) is 40.6 Å². The smallest absolute Gasteiger partial charge is 0.259 e. The second-order valence-electron chi connectivity index (χ2n) is 6.33. The molecule has 2 aliphatic rings. The molecule has 3 heterocycles. The van der Waals surface area contributed by atoms with Crippen molar-refractivity contribution in [1.82, 2.24) is 15.4 Å². The highest BCUT2D eigenvalue weighted by atomic mass is 35.5. The van der Waals surface area contributed by atoms with Crippen molar-refractivity contribution in [3.8, 4) is 11.3 Å². The number of amides is 1. The molecule has 0 aliphatic carbocycles. The Bertz CT molecular complexity index is 750. The molecule has 1 aromatic carbocycles. The van der Waals surface area contributed by atoms with Gasteiger partial charge in [-0.2, -0.15) is 0 Å². The van der Waals surface area contributed by atoms with Gasteiger partial charge in [-0.25, -0.2) is 0 Å². The third-order valence-electron chi connectivity index (χ3n) is 4.88. The van der Waals surface area contributed by atoms with E-state index in [0.717, 1.165) is 31.7 Å². The molecule has 0 unspecified atom stereocenters. The predicted octanol–water partition coefficient (Wildman–Crippen LogP) is 3.02. The number of carbonyl (C=O) groups is 1. The van der Waals surface area contributed by atoms with E-state index in [1.165, 1.54) is 0 Å². The third kappa shape index (κ3) is 2.81. The highest BCUT2D eigenvalue weighted by Crippen LogP contribution is 2.34. The number of carbonyl (C=O) groups excluding carboxylic acids is 1. The lowest BCUT2D eigenvalue weighted by Crippen LogP contribution is -2.32. The lowest BCUT2D eigenvalue weighted by atomic mass is 10.0. The van der Waals surface area contributed by atoms with E-state index >= 15 is 0 Å². The minimum absolute atomic E-state index is 0. The summed E-state index contributed by atoms with van der Waals surface area (Å²) < 4.78 is 5.31. The van der Waals surface area contributed by atoms with Crippen LogP contribution in [0.1, 0.15) is 16.1 Å². The molecule has 0 spiro atoms. The lowest BCUT2D eigenvalue weighted by Gasteiger charge is -2.17.